The van der Waals surface area contributed by atoms with Crippen molar-refractivity contribution >= 4 is 0 Å². The van der Waals surface area contributed by atoms with Gasteiger partial charge in [-0.3, -0.25) is 4.68 Å². The lowest BCUT2D eigenvalue weighted by molar-refractivity contribution is -0.00115. The van der Waals surface area contributed by atoms with Crippen molar-refractivity contribution in [2.75, 3.05) is 20.8 Å². The van der Waals surface area contributed by atoms with E-state index in [1.807, 2.05) is 60.1 Å². The summed E-state index contributed by atoms with van der Waals surface area (Å²) in [5.41, 5.74) is 3.41. The Kier molecular flexibility index (Phi) is 5.70. The molecule has 170 valence electrons. The molecule has 0 bridgehead atoms. The highest BCUT2D eigenvalue weighted by atomic mass is 16.5. The Bertz CT molecular complexity index is 1250. The van der Waals surface area contributed by atoms with Crippen molar-refractivity contribution in [3.8, 4) is 40.2 Å². The second-order valence-corrected chi connectivity index (χ2v) is 7.50. The molecule has 2 aromatic heterocycles. The van der Waals surface area contributed by atoms with Crippen LogP contribution in [0.4, 0.5) is 0 Å². The third kappa shape index (κ3) is 4.14. The average molecular weight is 448 g/mol. The second kappa shape index (κ2) is 8.95. The molecule has 1 atom stereocenters. The quantitative estimate of drug-likeness (QED) is 0.413. The van der Waals surface area contributed by atoms with Gasteiger partial charge in [0.15, 0.2) is 17.2 Å². The van der Waals surface area contributed by atoms with Gasteiger partial charge in [-0.1, -0.05) is 17.3 Å². The molecule has 5 rings (SSSR count). The third-order valence-electron chi connectivity index (χ3n) is 5.49. The average Bonchev–Trinajstić information content (AvgIpc) is 3.51. The lowest BCUT2D eigenvalue weighted by atomic mass is 10.1. The minimum atomic E-state index is -0.0920. The van der Waals surface area contributed by atoms with Crippen LogP contribution < -0.4 is 14.2 Å². The molecule has 0 spiro atoms. The van der Waals surface area contributed by atoms with Gasteiger partial charge in [0.1, 0.15) is 11.9 Å². The number of ether oxygens (including phenoxy) is 4. The first kappa shape index (κ1) is 21.0. The molecule has 9 heteroatoms. The van der Waals surface area contributed by atoms with Gasteiger partial charge in [-0.05, 0) is 48.9 Å². The van der Waals surface area contributed by atoms with Gasteiger partial charge in [0.25, 0.3) is 5.89 Å². The van der Waals surface area contributed by atoms with Gasteiger partial charge < -0.3 is 23.5 Å². The first-order chi connectivity index (χ1) is 16.2. The van der Waals surface area contributed by atoms with E-state index in [2.05, 4.69) is 15.2 Å². The Hall–Kier alpha value is -3.85. The molecule has 0 amide bonds. The number of hydrogen-bond donors (Lipinski definition) is 0. The zero-order valence-electron chi connectivity index (χ0n) is 18.6. The highest BCUT2D eigenvalue weighted by Gasteiger charge is 2.24. The molecule has 1 aliphatic rings. The first-order valence-corrected chi connectivity index (χ1v) is 10.7. The molecular weight excluding hydrogens is 424 g/mol. The largest absolute Gasteiger partial charge is 0.497 e. The van der Waals surface area contributed by atoms with Gasteiger partial charge in [0.2, 0.25) is 5.82 Å². The molecule has 0 aliphatic carbocycles. The molecule has 0 saturated heterocycles. The molecule has 3 heterocycles. The molecule has 4 aromatic rings. The van der Waals surface area contributed by atoms with E-state index in [4.69, 9.17) is 23.5 Å². The summed E-state index contributed by atoms with van der Waals surface area (Å²) in [7, 11) is 3.26. The van der Waals surface area contributed by atoms with Crippen LogP contribution in [0.5, 0.6) is 17.2 Å². The molecule has 2 aromatic carbocycles. The zero-order chi connectivity index (χ0) is 22.8. The van der Waals surface area contributed by atoms with Gasteiger partial charge in [-0.25, -0.2) is 0 Å². The smallest absolute Gasteiger partial charge is 0.278 e. The number of hydrogen-bond acceptors (Lipinski definition) is 8. The summed E-state index contributed by atoms with van der Waals surface area (Å²) in [6.07, 6.45) is -0.0920. The number of benzene rings is 2. The molecule has 33 heavy (non-hydrogen) atoms. The Morgan fingerprint density at radius 1 is 1.03 bits per heavy atom. The van der Waals surface area contributed by atoms with Crippen molar-refractivity contribution < 1.29 is 23.5 Å². The van der Waals surface area contributed by atoms with Crippen LogP contribution in [-0.2, 0) is 17.9 Å². The third-order valence-corrected chi connectivity index (χ3v) is 5.49. The van der Waals surface area contributed by atoms with E-state index < -0.39 is 0 Å². The van der Waals surface area contributed by atoms with Crippen LogP contribution in [0.1, 0.15) is 24.3 Å². The van der Waals surface area contributed by atoms with E-state index >= 15 is 0 Å². The highest BCUT2D eigenvalue weighted by molar-refractivity contribution is 5.62. The Labute approximate surface area is 190 Å². The van der Waals surface area contributed by atoms with Gasteiger partial charge in [0.05, 0.1) is 39.7 Å². The monoisotopic (exact) mass is 448 g/mol. The molecule has 0 saturated carbocycles. The Morgan fingerprint density at radius 3 is 2.64 bits per heavy atom. The van der Waals surface area contributed by atoms with Crippen molar-refractivity contribution in [1.29, 1.82) is 0 Å². The molecular formula is C24H24N4O5. The van der Waals surface area contributed by atoms with Crippen LogP contribution in [0.3, 0.4) is 0 Å². The second-order valence-electron chi connectivity index (χ2n) is 7.50. The van der Waals surface area contributed by atoms with Gasteiger partial charge in [-0.2, -0.15) is 10.1 Å². The number of nitrogens with zero attached hydrogens (tertiary/aromatic N) is 4. The van der Waals surface area contributed by atoms with Crippen molar-refractivity contribution in [2.45, 2.75) is 26.2 Å². The van der Waals surface area contributed by atoms with Gasteiger partial charge in [0, 0.05) is 5.56 Å². The Morgan fingerprint density at radius 2 is 1.88 bits per heavy atom. The summed E-state index contributed by atoms with van der Waals surface area (Å²) in [6.45, 7) is 3.48. The fourth-order valence-electron chi connectivity index (χ4n) is 3.78. The summed E-state index contributed by atoms with van der Waals surface area (Å²) in [5.74, 6) is 2.89. The van der Waals surface area contributed by atoms with Crippen molar-refractivity contribution in [1.82, 2.24) is 19.9 Å². The van der Waals surface area contributed by atoms with Crippen LogP contribution >= 0.6 is 0 Å². The van der Waals surface area contributed by atoms with Crippen molar-refractivity contribution in [3.05, 3.63) is 59.8 Å². The summed E-state index contributed by atoms with van der Waals surface area (Å²) >= 11 is 0. The molecule has 0 unspecified atom stereocenters. The minimum absolute atomic E-state index is 0.0920. The maximum atomic E-state index is 6.05. The summed E-state index contributed by atoms with van der Waals surface area (Å²) in [4.78, 5) is 4.54. The fraction of sp³-hybridized carbons (Fsp3) is 0.292. The predicted molar refractivity (Wildman–Crippen MR) is 119 cm³/mol. The summed E-state index contributed by atoms with van der Waals surface area (Å²) in [5, 5.41) is 8.81. The SMILES string of the molecule is CCOc1cc(-c2noc(-c3cc4n(n3)C[C@H](c3ccc(OC)cc3)OC4)n2)ccc1OC. The Balaban J connectivity index is 1.36. The van der Waals surface area contributed by atoms with Crippen LogP contribution in [0.25, 0.3) is 23.0 Å². The number of aromatic nitrogens is 4. The van der Waals surface area contributed by atoms with Gasteiger partial charge >= 0.3 is 0 Å². The summed E-state index contributed by atoms with van der Waals surface area (Å²) in [6, 6.07) is 15.3. The van der Waals surface area contributed by atoms with Crippen LogP contribution in [0.15, 0.2) is 53.1 Å². The molecule has 0 N–H and O–H groups in total. The first-order valence-electron chi connectivity index (χ1n) is 10.7. The minimum Gasteiger partial charge on any atom is -0.497 e. The van der Waals surface area contributed by atoms with E-state index in [1.54, 1.807) is 14.2 Å². The number of rotatable bonds is 7. The topological polar surface area (TPSA) is 93.7 Å². The van der Waals surface area contributed by atoms with Crippen LogP contribution in [-0.4, -0.2) is 40.7 Å². The fourth-order valence-corrected chi connectivity index (χ4v) is 3.78. The van der Waals surface area contributed by atoms with Gasteiger partial charge in [-0.15, -0.1) is 0 Å². The van der Waals surface area contributed by atoms with E-state index in [1.165, 1.54) is 0 Å². The normalized spacial score (nSPS) is 15.2. The molecule has 9 nitrogen and oxygen atoms in total. The molecule has 0 fully saturated rings. The predicted octanol–water partition coefficient (Wildman–Crippen LogP) is 4.29. The van der Waals surface area contributed by atoms with Crippen LogP contribution in [0.2, 0.25) is 0 Å². The maximum absolute atomic E-state index is 6.05. The zero-order valence-corrected chi connectivity index (χ0v) is 18.6. The number of fused-ring (bicyclic) bond motifs is 1. The lowest BCUT2D eigenvalue weighted by Crippen LogP contribution is -2.21. The van der Waals surface area contributed by atoms with E-state index in [-0.39, 0.29) is 6.10 Å². The van der Waals surface area contributed by atoms with Crippen molar-refractivity contribution in [2.24, 2.45) is 0 Å². The standard InChI is InChI=1S/C24H24N4O5/c1-4-31-21-11-16(7-10-20(21)30-3)23-25-24(33-27-23)19-12-17-14-32-22(13-28(17)26-19)15-5-8-18(29-2)9-6-15/h5-12,22H,4,13-14H2,1-3H3/t22-/m1/s1. The van der Waals surface area contributed by atoms with Crippen molar-refractivity contribution in [3.63, 3.8) is 0 Å². The van der Waals surface area contributed by atoms with E-state index in [9.17, 15) is 0 Å². The molecule has 0 radical (unpaired) electrons. The maximum Gasteiger partial charge on any atom is 0.278 e. The van der Waals surface area contributed by atoms with E-state index in [0.717, 1.165) is 22.6 Å². The highest BCUT2D eigenvalue weighted by Crippen LogP contribution is 2.33. The molecule has 1 aliphatic heterocycles. The summed E-state index contributed by atoms with van der Waals surface area (Å²) < 4.78 is 29.7. The number of methoxy groups -OCH3 is 2. The van der Waals surface area contributed by atoms with Crippen LogP contribution in [0, 0.1) is 0 Å². The lowest BCUT2D eigenvalue weighted by Gasteiger charge is -2.24. The van der Waals surface area contributed by atoms with E-state index in [0.29, 0.717) is 48.7 Å².